The van der Waals surface area contributed by atoms with E-state index in [0.29, 0.717) is 0 Å². The van der Waals surface area contributed by atoms with Gasteiger partial charge in [0.2, 0.25) is 0 Å². The van der Waals surface area contributed by atoms with E-state index in [-0.39, 0.29) is 0 Å². The number of pyridine rings is 1. The zero-order valence-electron chi connectivity index (χ0n) is 6.55. The molecule has 2 rings (SSSR count). The first-order valence-electron chi connectivity index (χ1n) is 3.86. The van der Waals surface area contributed by atoms with Crippen LogP contribution in [0.2, 0.25) is 0 Å². The fourth-order valence-electron chi connectivity index (χ4n) is 1.05. The van der Waals surface area contributed by atoms with Gasteiger partial charge in [0.05, 0.1) is 5.69 Å². The van der Waals surface area contributed by atoms with E-state index in [9.17, 15) is 0 Å². The van der Waals surface area contributed by atoms with Gasteiger partial charge in [-0.2, -0.15) is 0 Å². The van der Waals surface area contributed by atoms with Gasteiger partial charge < -0.3 is 5.32 Å². The van der Waals surface area contributed by atoms with Crippen LogP contribution in [0.25, 0.3) is 6.08 Å². The maximum Gasteiger partial charge on any atom is 0.0631 e. The van der Waals surface area contributed by atoms with Crippen LogP contribution in [0.4, 0.5) is 0 Å². The number of halogens is 1. The molecule has 0 amide bonds. The van der Waals surface area contributed by atoms with E-state index in [1.807, 2.05) is 18.3 Å². The highest BCUT2D eigenvalue weighted by Gasteiger charge is 2.06. The summed E-state index contributed by atoms with van der Waals surface area (Å²) in [4.78, 5) is 4.25. The average Bonchev–Trinajstić information content (AvgIpc) is 2.00. The van der Waals surface area contributed by atoms with E-state index in [1.165, 1.54) is 5.57 Å². The molecule has 1 aliphatic heterocycles. The van der Waals surface area contributed by atoms with Crippen molar-refractivity contribution in [1.82, 2.24) is 10.3 Å². The van der Waals surface area contributed by atoms with Gasteiger partial charge in [-0.1, -0.05) is 0 Å². The van der Waals surface area contributed by atoms with Crippen molar-refractivity contribution in [2.24, 2.45) is 0 Å². The van der Waals surface area contributed by atoms with Crippen molar-refractivity contribution in [2.75, 3.05) is 13.1 Å². The molecule has 0 aliphatic carbocycles. The molecule has 1 aromatic rings. The molecule has 0 bridgehead atoms. The highest BCUT2D eigenvalue weighted by Crippen LogP contribution is 2.11. The second-order valence-electron chi connectivity index (χ2n) is 2.81. The van der Waals surface area contributed by atoms with Gasteiger partial charge in [0, 0.05) is 23.8 Å². The molecule has 0 unspecified atom stereocenters. The molecule has 0 atom stereocenters. The molecule has 62 valence electrons. The quantitative estimate of drug-likeness (QED) is 0.788. The molecule has 0 spiro atoms. The van der Waals surface area contributed by atoms with Crippen molar-refractivity contribution in [3.8, 4) is 0 Å². The normalized spacial score (nSPS) is 15.6. The van der Waals surface area contributed by atoms with Crippen LogP contribution in [-0.4, -0.2) is 18.1 Å². The fraction of sp³-hybridized carbons (Fsp3) is 0.222. The van der Waals surface area contributed by atoms with Crippen molar-refractivity contribution in [3.05, 3.63) is 34.1 Å². The minimum atomic E-state index is 1.01. The first kappa shape index (κ1) is 7.95. The predicted molar refractivity (Wildman–Crippen MR) is 52.8 cm³/mol. The van der Waals surface area contributed by atoms with Crippen LogP contribution < -0.4 is 5.32 Å². The lowest BCUT2D eigenvalue weighted by molar-refractivity contribution is 0.674. The standard InChI is InChI=1S/C9H9BrN2/c10-8-1-2-9(12-6-8)3-7-4-11-5-7/h1-3,6,11H,4-5H2. The third-order valence-electron chi connectivity index (χ3n) is 1.81. The van der Waals surface area contributed by atoms with Gasteiger partial charge in [-0.3, -0.25) is 4.98 Å². The first-order chi connectivity index (χ1) is 5.84. The Morgan fingerprint density at radius 2 is 2.25 bits per heavy atom. The molecule has 1 saturated heterocycles. The molecule has 1 aromatic heterocycles. The largest absolute Gasteiger partial charge is 0.309 e. The van der Waals surface area contributed by atoms with Gasteiger partial charge in [-0.15, -0.1) is 0 Å². The van der Waals surface area contributed by atoms with Crippen molar-refractivity contribution >= 4 is 22.0 Å². The lowest BCUT2D eigenvalue weighted by Crippen LogP contribution is -2.33. The molecule has 12 heavy (non-hydrogen) atoms. The van der Waals surface area contributed by atoms with Crippen molar-refractivity contribution < 1.29 is 0 Å². The number of aromatic nitrogens is 1. The topological polar surface area (TPSA) is 24.9 Å². The van der Waals surface area contributed by atoms with Gasteiger partial charge in [0.1, 0.15) is 0 Å². The molecule has 2 nitrogen and oxygen atoms in total. The molecule has 1 fully saturated rings. The van der Waals surface area contributed by atoms with Crippen LogP contribution in [-0.2, 0) is 0 Å². The third-order valence-corrected chi connectivity index (χ3v) is 2.28. The summed E-state index contributed by atoms with van der Waals surface area (Å²) < 4.78 is 1.02. The lowest BCUT2D eigenvalue weighted by atomic mass is 10.1. The average molecular weight is 225 g/mol. The van der Waals surface area contributed by atoms with Crippen LogP contribution in [0.5, 0.6) is 0 Å². The van der Waals surface area contributed by atoms with Crippen LogP contribution >= 0.6 is 15.9 Å². The number of hydrogen-bond acceptors (Lipinski definition) is 2. The number of hydrogen-bond donors (Lipinski definition) is 1. The number of nitrogens with zero attached hydrogens (tertiary/aromatic N) is 1. The Hall–Kier alpha value is -0.670. The van der Waals surface area contributed by atoms with E-state index >= 15 is 0 Å². The predicted octanol–water partition coefficient (Wildman–Crippen LogP) is 1.83. The molecule has 1 aliphatic rings. The molecule has 1 N–H and O–H groups in total. The summed E-state index contributed by atoms with van der Waals surface area (Å²) in [6.07, 6.45) is 3.95. The van der Waals surface area contributed by atoms with Gasteiger partial charge >= 0.3 is 0 Å². The first-order valence-corrected chi connectivity index (χ1v) is 4.65. The van der Waals surface area contributed by atoms with Crippen LogP contribution in [0.15, 0.2) is 28.4 Å². The zero-order chi connectivity index (χ0) is 8.39. The fourth-order valence-corrected chi connectivity index (χ4v) is 1.29. The summed E-state index contributed by atoms with van der Waals surface area (Å²) in [7, 11) is 0. The molecular weight excluding hydrogens is 216 g/mol. The SMILES string of the molecule is Brc1ccc(C=C2CNC2)nc1. The van der Waals surface area contributed by atoms with Crippen molar-refractivity contribution in [3.63, 3.8) is 0 Å². The van der Waals surface area contributed by atoms with Gasteiger partial charge in [0.15, 0.2) is 0 Å². The van der Waals surface area contributed by atoms with Gasteiger partial charge in [0.25, 0.3) is 0 Å². The molecule has 0 saturated carbocycles. The lowest BCUT2D eigenvalue weighted by Gasteiger charge is -2.17. The number of rotatable bonds is 1. The van der Waals surface area contributed by atoms with E-state index < -0.39 is 0 Å². The van der Waals surface area contributed by atoms with E-state index in [2.05, 4.69) is 32.3 Å². The summed E-state index contributed by atoms with van der Waals surface area (Å²) in [5, 5.41) is 3.19. The molecule has 2 heterocycles. The van der Waals surface area contributed by atoms with E-state index in [0.717, 1.165) is 23.3 Å². The molecule has 3 heteroatoms. The monoisotopic (exact) mass is 224 g/mol. The Morgan fingerprint density at radius 3 is 2.75 bits per heavy atom. The summed E-state index contributed by atoms with van der Waals surface area (Å²) in [6.45, 7) is 2.02. The smallest absolute Gasteiger partial charge is 0.0631 e. The van der Waals surface area contributed by atoms with Gasteiger partial charge in [-0.05, 0) is 39.7 Å². The van der Waals surface area contributed by atoms with E-state index in [4.69, 9.17) is 0 Å². The van der Waals surface area contributed by atoms with Gasteiger partial charge in [-0.25, -0.2) is 0 Å². The summed E-state index contributed by atoms with van der Waals surface area (Å²) >= 11 is 3.35. The van der Waals surface area contributed by atoms with Crippen LogP contribution in [0, 0.1) is 0 Å². The highest BCUT2D eigenvalue weighted by atomic mass is 79.9. The number of nitrogens with one attached hydrogen (secondary N) is 1. The summed E-state index contributed by atoms with van der Waals surface area (Å²) in [5.74, 6) is 0. The maximum atomic E-state index is 4.25. The molecular formula is C9H9BrN2. The molecule has 0 radical (unpaired) electrons. The van der Waals surface area contributed by atoms with Crippen molar-refractivity contribution in [2.45, 2.75) is 0 Å². The van der Waals surface area contributed by atoms with Crippen LogP contribution in [0.1, 0.15) is 5.69 Å². The Morgan fingerprint density at radius 1 is 1.42 bits per heavy atom. The zero-order valence-corrected chi connectivity index (χ0v) is 8.13. The van der Waals surface area contributed by atoms with E-state index in [1.54, 1.807) is 0 Å². The summed E-state index contributed by atoms with van der Waals surface area (Å²) in [6, 6.07) is 4.01. The Labute approximate surface area is 79.8 Å². The maximum absolute atomic E-state index is 4.25. The summed E-state index contributed by atoms with van der Waals surface area (Å²) in [5.41, 5.74) is 2.46. The minimum Gasteiger partial charge on any atom is -0.309 e. The Kier molecular flexibility index (Phi) is 2.23. The Balaban J connectivity index is 2.18. The third kappa shape index (κ3) is 1.73. The minimum absolute atomic E-state index is 1.01. The van der Waals surface area contributed by atoms with Crippen LogP contribution in [0.3, 0.4) is 0 Å². The second-order valence-corrected chi connectivity index (χ2v) is 3.72. The molecule has 0 aromatic carbocycles. The highest BCUT2D eigenvalue weighted by molar-refractivity contribution is 9.10. The Bertz CT molecular complexity index is 297. The van der Waals surface area contributed by atoms with Crippen molar-refractivity contribution in [1.29, 1.82) is 0 Å². The second kappa shape index (κ2) is 3.37.